The maximum absolute atomic E-state index is 14.2. The minimum Gasteiger partial charge on any atom is -0.497 e. The van der Waals surface area contributed by atoms with Crippen LogP contribution in [0.25, 0.3) is 5.76 Å². The smallest absolute Gasteiger partial charge is 0.265 e. The number of hydrogen-bond acceptors (Lipinski definition) is 6. The second-order valence-electron chi connectivity index (χ2n) is 8.05. The van der Waals surface area contributed by atoms with Crippen molar-refractivity contribution in [2.75, 3.05) is 11.4 Å². The molecule has 0 bridgehead atoms. The van der Waals surface area contributed by atoms with Crippen LogP contribution in [-0.2, 0) is 21.3 Å². The molecule has 176 valence electrons. The van der Waals surface area contributed by atoms with Gasteiger partial charge in [0.25, 0.3) is 10.0 Å². The van der Waals surface area contributed by atoms with E-state index < -0.39 is 21.8 Å². The van der Waals surface area contributed by atoms with E-state index in [4.69, 9.17) is 15.2 Å². The number of sulfonamides is 1. The molecule has 7 nitrogen and oxygen atoms in total. The molecule has 0 saturated carbocycles. The van der Waals surface area contributed by atoms with Crippen LogP contribution in [0, 0.1) is 17.1 Å². The number of benzene rings is 3. The monoisotopic (exact) mass is 489 g/mol. The van der Waals surface area contributed by atoms with Crippen molar-refractivity contribution in [3.8, 4) is 11.8 Å². The Bertz CT molecular complexity index is 1540. The normalized spacial score (nSPS) is 18.3. The topological polar surface area (TPSA) is 106 Å². The Morgan fingerprint density at radius 1 is 1.11 bits per heavy atom. The lowest BCUT2D eigenvalue weighted by Crippen LogP contribution is -2.39. The molecule has 1 atom stereocenters. The van der Waals surface area contributed by atoms with Crippen LogP contribution in [0.2, 0.25) is 0 Å². The molecule has 0 saturated heterocycles. The Morgan fingerprint density at radius 3 is 2.57 bits per heavy atom. The first-order valence-corrected chi connectivity index (χ1v) is 12.1. The zero-order chi connectivity index (χ0) is 24.7. The number of ether oxygens (including phenoxy) is 2. The third-order valence-corrected chi connectivity index (χ3v) is 7.90. The predicted octanol–water partition coefficient (Wildman–Crippen LogP) is 4.36. The van der Waals surface area contributed by atoms with Crippen LogP contribution in [0.3, 0.4) is 0 Å². The number of hydrogen-bond donors (Lipinski definition) is 1. The maximum atomic E-state index is 14.2. The van der Waals surface area contributed by atoms with E-state index in [1.165, 1.54) is 35.7 Å². The second-order valence-corrected chi connectivity index (χ2v) is 9.88. The molecule has 0 aromatic heterocycles. The molecule has 0 fully saturated rings. The van der Waals surface area contributed by atoms with E-state index in [9.17, 15) is 18.1 Å². The SMILES string of the molecule is COc1cccc(CN2c3ccccc3C3=C([C@@H](c4ccc(F)cc4)C(C#N)=C(N)O3)S2(=O)=O)c1. The van der Waals surface area contributed by atoms with Gasteiger partial charge >= 0.3 is 0 Å². The molecular weight excluding hydrogens is 469 g/mol. The van der Waals surface area contributed by atoms with Gasteiger partial charge in [0.15, 0.2) is 5.76 Å². The minimum absolute atomic E-state index is 0.0184. The molecular formula is C26H20FN3O4S. The molecule has 0 spiro atoms. The number of nitriles is 1. The fourth-order valence-corrected chi connectivity index (χ4v) is 6.32. The van der Waals surface area contributed by atoms with E-state index in [2.05, 4.69) is 0 Å². The molecule has 2 aliphatic rings. The summed E-state index contributed by atoms with van der Waals surface area (Å²) < 4.78 is 54.4. The summed E-state index contributed by atoms with van der Waals surface area (Å²) in [5.41, 5.74) is 8.09. The molecule has 3 aromatic carbocycles. The van der Waals surface area contributed by atoms with Gasteiger partial charge in [-0.15, -0.1) is 0 Å². The van der Waals surface area contributed by atoms with Gasteiger partial charge in [-0.1, -0.05) is 36.4 Å². The van der Waals surface area contributed by atoms with Crippen molar-refractivity contribution in [3.05, 3.63) is 112 Å². The number of methoxy groups -OCH3 is 1. The van der Waals surface area contributed by atoms with Gasteiger partial charge in [-0.25, -0.2) is 12.8 Å². The average Bonchev–Trinajstić information content (AvgIpc) is 2.86. The third kappa shape index (κ3) is 3.68. The molecule has 2 aliphatic heterocycles. The molecule has 2 heterocycles. The van der Waals surface area contributed by atoms with Crippen LogP contribution in [0.15, 0.2) is 89.2 Å². The van der Waals surface area contributed by atoms with Crippen molar-refractivity contribution in [1.82, 2.24) is 0 Å². The summed E-state index contributed by atoms with van der Waals surface area (Å²) in [5, 5.41) is 9.88. The largest absolute Gasteiger partial charge is 0.497 e. The molecule has 0 aliphatic carbocycles. The Hall–Kier alpha value is -4.29. The lowest BCUT2D eigenvalue weighted by Gasteiger charge is -2.38. The first-order chi connectivity index (χ1) is 16.8. The highest BCUT2D eigenvalue weighted by Gasteiger charge is 2.47. The summed E-state index contributed by atoms with van der Waals surface area (Å²) >= 11 is 0. The van der Waals surface area contributed by atoms with Gasteiger partial charge < -0.3 is 15.2 Å². The highest BCUT2D eigenvalue weighted by atomic mass is 32.2. The van der Waals surface area contributed by atoms with E-state index in [0.29, 0.717) is 28.1 Å². The van der Waals surface area contributed by atoms with Crippen LogP contribution >= 0.6 is 0 Å². The van der Waals surface area contributed by atoms with Gasteiger partial charge in [0.2, 0.25) is 5.88 Å². The number of rotatable bonds is 4. The van der Waals surface area contributed by atoms with Crippen LogP contribution in [-0.4, -0.2) is 15.5 Å². The maximum Gasteiger partial charge on any atom is 0.265 e. The molecule has 2 N–H and O–H groups in total. The van der Waals surface area contributed by atoms with Gasteiger partial charge in [0, 0.05) is 5.56 Å². The second kappa shape index (κ2) is 8.49. The molecule has 0 radical (unpaired) electrons. The molecule has 9 heteroatoms. The number of nitrogens with two attached hydrogens (primary N) is 1. The number of anilines is 1. The lowest BCUT2D eigenvalue weighted by molar-refractivity contribution is 0.357. The molecule has 0 amide bonds. The van der Waals surface area contributed by atoms with Gasteiger partial charge in [0.1, 0.15) is 28.1 Å². The summed E-state index contributed by atoms with van der Waals surface area (Å²) in [6, 6.07) is 21.4. The summed E-state index contributed by atoms with van der Waals surface area (Å²) in [6.07, 6.45) is 0. The zero-order valence-electron chi connectivity index (χ0n) is 18.6. The Labute approximate surface area is 202 Å². The Kier molecular flexibility index (Phi) is 5.46. The van der Waals surface area contributed by atoms with E-state index in [-0.39, 0.29) is 28.7 Å². The van der Waals surface area contributed by atoms with E-state index in [0.717, 1.165) is 0 Å². The molecule has 0 unspecified atom stereocenters. The van der Waals surface area contributed by atoms with Crippen molar-refractivity contribution in [3.63, 3.8) is 0 Å². The van der Waals surface area contributed by atoms with E-state index in [1.807, 2.05) is 6.07 Å². The lowest BCUT2D eigenvalue weighted by atomic mass is 9.88. The van der Waals surface area contributed by atoms with E-state index in [1.54, 1.807) is 48.5 Å². The number of allylic oxidation sites excluding steroid dienone is 2. The van der Waals surface area contributed by atoms with Crippen molar-refractivity contribution < 1.29 is 22.3 Å². The number of para-hydroxylation sites is 1. The summed E-state index contributed by atoms with van der Waals surface area (Å²) in [5.74, 6) is -1.07. The first-order valence-electron chi connectivity index (χ1n) is 10.7. The summed E-state index contributed by atoms with van der Waals surface area (Å²) in [6.45, 7) is 0.0184. The fraction of sp³-hybridized carbons (Fsp3) is 0.115. The zero-order valence-corrected chi connectivity index (χ0v) is 19.4. The standard InChI is InChI=1S/C26H20FN3O4S/c1-33-19-6-4-5-16(13-19)15-30-22-8-3-2-7-20(22)24-25(35(30,31)32)23(21(14-28)26(29)34-24)17-9-11-18(27)12-10-17/h2-13,23H,15,29H2,1H3/t23-/m0/s1. The van der Waals surface area contributed by atoms with Crippen LogP contribution in [0.5, 0.6) is 5.75 Å². The predicted molar refractivity (Wildman–Crippen MR) is 129 cm³/mol. The van der Waals surface area contributed by atoms with Gasteiger partial charge in [-0.05, 0) is 47.5 Å². The first kappa shape index (κ1) is 22.5. The van der Waals surface area contributed by atoms with Crippen LogP contribution in [0.4, 0.5) is 10.1 Å². The third-order valence-electron chi connectivity index (χ3n) is 6.02. The number of halogens is 1. The van der Waals surface area contributed by atoms with E-state index >= 15 is 0 Å². The average molecular weight is 490 g/mol. The fourth-order valence-electron chi connectivity index (χ4n) is 4.40. The van der Waals surface area contributed by atoms with Gasteiger partial charge in [-0.3, -0.25) is 4.31 Å². The van der Waals surface area contributed by atoms with Gasteiger partial charge in [0.05, 0.1) is 25.3 Å². The summed E-state index contributed by atoms with van der Waals surface area (Å²) in [4.78, 5) is -0.114. The van der Waals surface area contributed by atoms with Crippen LogP contribution < -0.4 is 14.8 Å². The van der Waals surface area contributed by atoms with Crippen LogP contribution in [0.1, 0.15) is 22.6 Å². The van der Waals surface area contributed by atoms with Crippen molar-refractivity contribution >= 4 is 21.5 Å². The molecule has 5 rings (SSSR count). The van der Waals surface area contributed by atoms with Crippen molar-refractivity contribution in [2.45, 2.75) is 12.5 Å². The van der Waals surface area contributed by atoms with Crippen molar-refractivity contribution in [2.24, 2.45) is 5.73 Å². The number of fused-ring (bicyclic) bond motifs is 2. The molecule has 35 heavy (non-hydrogen) atoms. The van der Waals surface area contributed by atoms with Crippen molar-refractivity contribution in [1.29, 1.82) is 5.26 Å². The minimum atomic E-state index is -4.22. The Balaban J connectivity index is 1.74. The highest BCUT2D eigenvalue weighted by Crippen LogP contribution is 2.51. The van der Waals surface area contributed by atoms with Gasteiger partial charge in [-0.2, -0.15) is 5.26 Å². The Morgan fingerprint density at radius 2 is 1.86 bits per heavy atom. The molecule has 3 aromatic rings. The quantitative estimate of drug-likeness (QED) is 0.584. The summed E-state index contributed by atoms with van der Waals surface area (Å²) in [7, 11) is -2.68. The highest BCUT2D eigenvalue weighted by molar-refractivity contribution is 7.96. The number of nitrogens with zero attached hydrogens (tertiary/aromatic N) is 2.